The average molecular weight is 262 g/mol. The van der Waals surface area contributed by atoms with Crippen molar-refractivity contribution in [3.05, 3.63) is 42.0 Å². The Kier molecular flexibility index (Phi) is 4.97. The molecule has 0 aliphatic heterocycles. The van der Waals surface area contributed by atoms with Crippen LogP contribution in [0.15, 0.2) is 30.6 Å². The molecule has 2 aromatic heterocycles. The molecule has 0 radical (unpaired) electrons. The molecule has 0 atom stereocenters. The van der Waals surface area contributed by atoms with Crippen molar-refractivity contribution in [2.45, 2.75) is 33.1 Å². The molecule has 0 bridgehead atoms. The highest BCUT2D eigenvalue weighted by atomic mass is 19.1. The second-order valence-electron chi connectivity index (χ2n) is 5.07. The van der Waals surface area contributed by atoms with Crippen LogP contribution in [-0.4, -0.2) is 28.9 Å². The number of hydrogen-bond acceptors (Lipinski definition) is 1. The van der Waals surface area contributed by atoms with Crippen molar-refractivity contribution >= 4 is 5.52 Å². The van der Waals surface area contributed by atoms with Crippen molar-refractivity contribution in [3.8, 4) is 0 Å². The van der Waals surface area contributed by atoms with Crippen LogP contribution in [0.4, 0.5) is 4.39 Å². The SMILES string of the molecule is CCCN(CCC)CCc1ccn2ccc(F)cc12. The van der Waals surface area contributed by atoms with E-state index >= 15 is 0 Å². The van der Waals surface area contributed by atoms with Crippen molar-refractivity contribution in [1.82, 2.24) is 9.30 Å². The highest BCUT2D eigenvalue weighted by molar-refractivity contribution is 5.55. The van der Waals surface area contributed by atoms with E-state index in [1.807, 2.05) is 10.6 Å². The van der Waals surface area contributed by atoms with E-state index in [4.69, 9.17) is 0 Å². The Morgan fingerprint density at radius 3 is 2.42 bits per heavy atom. The van der Waals surface area contributed by atoms with Gasteiger partial charge in [-0.2, -0.15) is 0 Å². The minimum Gasteiger partial charge on any atom is -0.323 e. The molecule has 19 heavy (non-hydrogen) atoms. The zero-order valence-electron chi connectivity index (χ0n) is 11.9. The monoisotopic (exact) mass is 262 g/mol. The first-order valence-electron chi connectivity index (χ1n) is 7.22. The number of pyridine rings is 1. The highest BCUT2D eigenvalue weighted by Gasteiger charge is 2.07. The molecule has 0 saturated carbocycles. The Labute approximate surface area is 114 Å². The van der Waals surface area contributed by atoms with Crippen molar-refractivity contribution < 1.29 is 4.39 Å². The van der Waals surface area contributed by atoms with Gasteiger partial charge in [-0.05, 0) is 56.1 Å². The van der Waals surface area contributed by atoms with E-state index in [2.05, 4.69) is 24.8 Å². The molecule has 0 amide bonds. The van der Waals surface area contributed by atoms with Crippen molar-refractivity contribution in [1.29, 1.82) is 0 Å². The van der Waals surface area contributed by atoms with Gasteiger partial charge in [0.05, 0.1) is 5.52 Å². The minimum atomic E-state index is -0.161. The van der Waals surface area contributed by atoms with Crippen molar-refractivity contribution in [3.63, 3.8) is 0 Å². The third kappa shape index (κ3) is 3.57. The van der Waals surface area contributed by atoms with E-state index in [1.165, 1.54) is 24.5 Å². The molecule has 0 fully saturated rings. The van der Waals surface area contributed by atoms with Crippen LogP contribution in [0.3, 0.4) is 0 Å². The first-order chi connectivity index (χ1) is 9.24. The Morgan fingerprint density at radius 1 is 1.05 bits per heavy atom. The first kappa shape index (κ1) is 14.1. The van der Waals surface area contributed by atoms with Gasteiger partial charge >= 0.3 is 0 Å². The summed E-state index contributed by atoms with van der Waals surface area (Å²) in [6, 6.07) is 5.22. The number of aromatic nitrogens is 1. The summed E-state index contributed by atoms with van der Waals surface area (Å²) in [4.78, 5) is 2.49. The van der Waals surface area contributed by atoms with Crippen LogP contribution in [0.1, 0.15) is 32.3 Å². The molecule has 0 spiro atoms. The summed E-state index contributed by atoms with van der Waals surface area (Å²) in [7, 11) is 0. The molecule has 0 aliphatic carbocycles. The van der Waals surface area contributed by atoms with Crippen LogP contribution in [0.25, 0.3) is 5.52 Å². The fourth-order valence-electron chi connectivity index (χ4n) is 2.59. The Balaban J connectivity index is 2.06. The van der Waals surface area contributed by atoms with Gasteiger partial charge in [-0.15, -0.1) is 0 Å². The van der Waals surface area contributed by atoms with Gasteiger partial charge < -0.3 is 9.30 Å². The molecule has 0 saturated heterocycles. The van der Waals surface area contributed by atoms with Gasteiger partial charge in [0, 0.05) is 18.9 Å². The number of fused-ring (bicyclic) bond motifs is 1. The quantitative estimate of drug-likeness (QED) is 0.737. The topological polar surface area (TPSA) is 7.65 Å². The molecule has 2 rings (SSSR count). The van der Waals surface area contributed by atoms with Crippen LogP contribution in [0, 0.1) is 5.82 Å². The summed E-state index contributed by atoms with van der Waals surface area (Å²) in [6.45, 7) is 7.78. The van der Waals surface area contributed by atoms with Gasteiger partial charge in [-0.25, -0.2) is 4.39 Å². The van der Waals surface area contributed by atoms with Crippen molar-refractivity contribution in [2.75, 3.05) is 19.6 Å². The molecule has 3 heteroatoms. The highest BCUT2D eigenvalue weighted by Crippen LogP contribution is 2.15. The largest absolute Gasteiger partial charge is 0.323 e. The number of hydrogen-bond donors (Lipinski definition) is 0. The smallest absolute Gasteiger partial charge is 0.126 e. The van der Waals surface area contributed by atoms with Gasteiger partial charge in [0.25, 0.3) is 0 Å². The van der Waals surface area contributed by atoms with Crippen LogP contribution < -0.4 is 0 Å². The van der Waals surface area contributed by atoms with E-state index in [-0.39, 0.29) is 5.82 Å². The van der Waals surface area contributed by atoms with E-state index in [1.54, 1.807) is 12.3 Å². The maximum Gasteiger partial charge on any atom is 0.126 e. The lowest BCUT2D eigenvalue weighted by atomic mass is 10.2. The maximum atomic E-state index is 13.3. The molecule has 2 nitrogen and oxygen atoms in total. The fraction of sp³-hybridized carbons (Fsp3) is 0.500. The van der Waals surface area contributed by atoms with Crippen molar-refractivity contribution in [2.24, 2.45) is 0 Å². The molecule has 0 unspecified atom stereocenters. The van der Waals surface area contributed by atoms with E-state index in [0.717, 1.165) is 31.6 Å². The third-order valence-corrected chi connectivity index (χ3v) is 3.49. The summed E-state index contributed by atoms with van der Waals surface area (Å²) in [5.74, 6) is -0.161. The Bertz CT molecular complexity index is 512. The van der Waals surface area contributed by atoms with E-state index in [0.29, 0.717) is 0 Å². The molecule has 0 N–H and O–H groups in total. The van der Waals surface area contributed by atoms with Gasteiger partial charge in [0.1, 0.15) is 5.82 Å². The predicted molar refractivity (Wildman–Crippen MR) is 78.1 cm³/mol. The molecule has 0 aliphatic rings. The maximum absolute atomic E-state index is 13.3. The lowest BCUT2D eigenvalue weighted by Gasteiger charge is -2.20. The number of halogens is 1. The number of nitrogens with zero attached hydrogens (tertiary/aromatic N) is 2. The molecule has 0 aromatic carbocycles. The second kappa shape index (κ2) is 6.71. The molecule has 2 heterocycles. The molecular weight excluding hydrogens is 239 g/mol. The average Bonchev–Trinajstić information content (AvgIpc) is 2.79. The van der Waals surface area contributed by atoms with Gasteiger partial charge in [0.2, 0.25) is 0 Å². The Hall–Kier alpha value is -1.35. The molecule has 104 valence electrons. The van der Waals surface area contributed by atoms with Crippen LogP contribution in [0.2, 0.25) is 0 Å². The van der Waals surface area contributed by atoms with Gasteiger partial charge in [0.15, 0.2) is 0 Å². The lowest BCUT2D eigenvalue weighted by molar-refractivity contribution is 0.278. The lowest BCUT2D eigenvalue weighted by Crippen LogP contribution is -2.27. The summed E-state index contributed by atoms with van der Waals surface area (Å²) < 4.78 is 15.3. The summed E-state index contributed by atoms with van der Waals surface area (Å²) >= 11 is 0. The minimum absolute atomic E-state index is 0.161. The molecule has 2 aromatic rings. The summed E-state index contributed by atoms with van der Waals surface area (Å²) in [5.41, 5.74) is 2.23. The predicted octanol–water partition coefficient (Wildman–Crippen LogP) is 3.74. The molecular formula is C16H23FN2. The van der Waals surface area contributed by atoms with Crippen LogP contribution in [0.5, 0.6) is 0 Å². The summed E-state index contributed by atoms with van der Waals surface area (Å²) in [5, 5.41) is 0. The fourth-order valence-corrected chi connectivity index (χ4v) is 2.59. The van der Waals surface area contributed by atoms with Gasteiger partial charge in [-0.3, -0.25) is 0 Å². The third-order valence-electron chi connectivity index (χ3n) is 3.49. The first-order valence-corrected chi connectivity index (χ1v) is 7.22. The summed E-state index contributed by atoms with van der Waals surface area (Å²) in [6.07, 6.45) is 7.15. The van der Waals surface area contributed by atoms with Crippen LogP contribution >= 0.6 is 0 Å². The van der Waals surface area contributed by atoms with Crippen LogP contribution in [-0.2, 0) is 6.42 Å². The zero-order chi connectivity index (χ0) is 13.7. The Morgan fingerprint density at radius 2 is 1.74 bits per heavy atom. The van der Waals surface area contributed by atoms with E-state index < -0.39 is 0 Å². The standard InChI is InChI=1S/C16H23FN2/c1-3-8-18(9-4-2)10-5-14-6-11-19-12-7-15(17)13-16(14)19/h6-7,11-13H,3-5,8-10H2,1-2H3. The number of rotatable bonds is 7. The normalized spacial score (nSPS) is 11.6. The van der Waals surface area contributed by atoms with E-state index in [9.17, 15) is 4.39 Å². The van der Waals surface area contributed by atoms with Gasteiger partial charge in [-0.1, -0.05) is 13.8 Å². The zero-order valence-corrected chi connectivity index (χ0v) is 11.9. The second-order valence-corrected chi connectivity index (χ2v) is 5.07.